The lowest BCUT2D eigenvalue weighted by Crippen LogP contribution is -2.55. The molecule has 1 heterocycles. The molecule has 0 radical (unpaired) electrons. The van der Waals surface area contributed by atoms with E-state index >= 15 is 0 Å². The van der Waals surface area contributed by atoms with Gasteiger partial charge in [-0.25, -0.2) is 0 Å². The summed E-state index contributed by atoms with van der Waals surface area (Å²) < 4.78 is 5.72. The molecular formula is C9H17NO. The summed E-state index contributed by atoms with van der Waals surface area (Å²) in [4.78, 5) is 0. The lowest BCUT2D eigenvalue weighted by Gasteiger charge is -2.39. The van der Waals surface area contributed by atoms with E-state index in [0.29, 0.717) is 6.04 Å². The normalized spacial score (nSPS) is 37.1. The molecule has 2 heteroatoms. The summed E-state index contributed by atoms with van der Waals surface area (Å²) in [6.45, 7) is 6.30. The molecule has 0 spiro atoms. The molecule has 2 aliphatic rings. The van der Waals surface area contributed by atoms with E-state index in [0.717, 1.165) is 19.1 Å². The molecule has 1 saturated carbocycles. The minimum absolute atomic E-state index is 0.0689. The molecule has 2 fully saturated rings. The standard InChI is InChI=1S/C9H17NO/c1-9(2)8(7-3-4-7)10-5-6-11-9/h7-8,10H,3-6H2,1-2H3. The zero-order valence-electron chi connectivity index (χ0n) is 7.39. The van der Waals surface area contributed by atoms with Gasteiger partial charge in [0.05, 0.1) is 12.2 Å². The SMILES string of the molecule is CC1(C)OCCNC1C1CC1. The Morgan fingerprint density at radius 2 is 2.09 bits per heavy atom. The molecule has 0 bridgehead atoms. The molecule has 64 valence electrons. The average molecular weight is 155 g/mol. The van der Waals surface area contributed by atoms with Crippen molar-refractivity contribution in [2.75, 3.05) is 13.2 Å². The number of morpholine rings is 1. The van der Waals surface area contributed by atoms with Gasteiger partial charge in [0, 0.05) is 12.6 Å². The van der Waals surface area contributed by atoms with Crippen molar-refractivity contribution in [1.82, 2.24) is 5.32 Å². The van der Waals surface area contributed by atoms with Crippen LogP contribution in [-0.4, -0.2) is 24.8 Å². The summed E-state index contributed by atoms with van der Waals surface area (Å²) in [5.41, 5.74) is 0.0689. The largest absolute Gasteiger partial charge is 0.373 e. The van der Waals surface area contributed by atoms with Gasteiger partial charge in [-0.3, -0.25) is 0 Å². The summed E-state index contributed by atoms with van der Waals surface area (Å²) in [5.74, 6) is 0.894. The third kappa shape index (κ3) is 1.42. The Hall–Kier alpha value is -0.0800. The Balaban J connectivity index is 2.02. The van der Waals surface area contributed by atoms with Gasteiger partial charge in [0.25, 0.3) is 0 Å². The van der Waals surface area contributed by atoms with E-state index in [1.165, 1.54) is 12.8 Å². The molecule has 11 heavy (non-hydrogen) atoms. The smallest absolute Gasteiger partial charge is 0.0782 e. The van der Waals surface area contributed by atoms with Crippen LogP contribution in [0.4, 0.5) is 0 Å². The van der Waals surface area contributed by atoms with E-state index in [9.17, 15) is 0 Å². The molecule has 0 amide bonds. The average Bonchev–Trinajstić information content (AvgIpc) is 2.69. The monoisotopic (exact) mass is 155 g/mol. The van der Waals surface area contributed by atoms with Crippen molar-refractivity contribution in [2.24, 2.45) is 5.92 Å². The Morgan fingerprint density at radius 3 is 2.64 bits per heavy atom. The highest BCUT2D eigenvalue weighted by atomic mass is 16.5. The van der Waals surface area contributed by atoms with Crippen LogP contribution in [0.15, 0.2) is 0 Å². The summed E-state index contributed by atoms with van der Waals surface area (Å²) in [6.07, 6.45) is 2.79. The highest BCUT2D eigenvalue weighted by molar-refractivity contribution is 4.98. The van der Waals surface area contributed by atoms with E-state index in [2.05, 4.69) is 19.2 Å². The first-order chi connectivity index (χ1) is 5.20. The molecule has 2 rings (SSSR count). The van der Waals surface area contributed by atoms with Crippen molar-refractivity contribution >= 4 is 0 Å². The minimum Gasteiger partial charge on any atom is -0.373 e. The predicted octanol–water partition coefficient (Wildman–Crippen LogP) is 1.16. The van der Waals surface area contributed by atoms with Crippen LogP contribution in [0.1, 0.15) is 26.7 Å². The maximum atomic E-state index is 5.72. The molecule has 0 aromatic heterocycles. The van der Waals surface area contributed by atoms with Crippen LogP contribution < -0.4 is 5.32 Å². The van der Waals surface area contributed by atoms with Gasteiger partial charge >= 0.3 is 0 Å². The number of rotatable bonds is 1. The number of hydrogen-bond acceptors (Lipinski definition) is 2. The lowest BCUT2D eigenvalue weighted by atomic mass is 9.93. The fourth-order valence-corrected chi connectivity index (χ4v) is 2.03. The molecule has 1 aliphatic carbocycles. The lowest BCUT2D eigenvalue weighted by molar-refractivity contribution is -0.0764. The van der Waals surface area contributed by atoms with Gasteiger partial charge in [0.1, 0.15) is 0 Å². The first kappa shape index (κ1) is 7.56. The van der Waals surface area contributed by atoms with E-state index < -0.39 is 0 Å². The van der Waals surface area contributed by atoms with Crippen molar-refractivity contribution in [1.29, 1.82) is 0 Å². The van der Waals surface area contributed by atoms with Crippen LogP contribution in [0, 0.1) is 5.92 Å². The van der Waals surface area contributed by atoms with Crippen molar-refractivity contribution in [2.45, 2.75) is 38.3 Å². The first-order valence-corrected chi connectivity index (χ1v) is 4.57. The second-order valence-electron chi connectivity index (χ2n) is 4.22. The molecule has 1 saturated heterocycles. The summed E-state index contributed by atoms with van der Waals surface area (Å²) in [5, 5.41) is 3.55. The molecule has 0 aromatic rings. The van der Waals surface area contributed by atoms with Gasteiger partial charge in [-0.2, -0.15) is 0 Å². The Bertz CT molecular complexity index is 152. The zero-order chi connectivity index (χ0) is 7.90. The minimum atomic E-state index is 0.0689. The Morgan fingerprint density at radius 1 is 1.36 bits per heavy atom. The fraction of sp³-hybridized carbons (Fsp3) is 1.00. The van der Waals surface area contributed by atoms with Crippen molar-refractivity contribution in [3.05, 3.63) is 0 Å². The Labute approximate surface area is 68.3 Å². The van der Waals surface area contributed by atoms with Crippen LogP contribution in [0.25, 0.3) is 0 Å². The quantitative estimate of drug-likeness (QED) is 0.613. The van der Waals surface area contributed by atoms with Gasteiger partial charge in [0.2, 0.25) is 0 Å². The van der Waals surface area contributed by atoms with Crippen LogP contribution in [-0.2, 0) is 4.74 Å². The van der Waals surface area contributed by atoms with Gasteiger partial charge in [-0.15, -0.1) is 0 Å². The summed E-state index contributed by atoms with van der Waals surface area (Å²) >= 11 is 0. The van der Waals surface area contributed by atoms with E-state index in [4.69, 9.17) is 4.74 Å². The highest BCUT2D eigenvalue weighted by Gasteiger charge is 2.43. The first-order valence-electron chi connectivity index (χ1n) is 4.57. The number of nitrogens with one attached hydrogen (secondary N) is 1. The van der Waals surface area contributed by atoms with Crippen LogP contribution >= 0.6 is 0 Å². The second-order valence-corrected chi connectivity index (χ2v) is 4.22. The van der Waals surface area contributed by atoms with E-state index in [1.807, 2.05) is 0 Å². The molecule has 1 atom stereocenters. The van der Waals surface area contributed by atoms with Crippen LogP contribution in [0.3, 0.4) is 0 Å². The Kier molecular flexibility index (Phi) is 1.69. The maximum absolute atomic E-state index is 5.72. The molecule has 0 aromatic carbocycles. The molecular weight excluding hydrogens is 138 g/mol. The third-order valence-corrected chi connectivity index (χ3v) is 2.78. The predicted molar refractivity (Wildman–Crippen MR) is 44.5 cm³/mol. The summed E-state index contributed by atoms with van der Waals surface area (Å²) in [6, 6.07) is 0.608. The van der Waals surface area contributed by atoms with Gasteiger partial charge < -0.3 is 10.1 Å². The highest BCUT2D eigenvalue weighted by Crippen LogP contribution is 2.39. The zero-order valence-corrected chi connectivity index (χ0v) is 7.39. The molecule has 1 unspecified atom stereocenters. The van der Waals surface area contributed by atoms with E-state index in [1.54, 1.807) is 0 Å². The maximum Gasteiger partial charge on any atom is 0.0782 e. The van der Waals surface area contributed by atoms with Crippen molar-refractivity contribution in [3.63, 3.8) is 0 Å². The fourth-order valence-electron chi connectivity index (χ4n) is 2.03. The molecule has 2 nitrogen and oxygen atoms in total. The van der Waals surface area contributed by atoms with Crippen LogP contribution in [0.5, 0.6) is 0 Å². The second kappa shape index (κ2) is 2.46. The summed E-state index contributed by atoms with van der Waals surface area (Å²) in [7, 11) is 0. The number of hydrogen-bond donors (Lipinski definition) is 1. The molecule has 1 N–H and O–H groups in total. The van der Waals surface area contributed by atoms with E-state index in [-0.39, 0.29) is 5.60 Å². The van der Waals surface area contributed by atoms with Crippen molar-refractivity contribution < 1.29 is 4.74 Å². The van der Waals surface area contributed by atoms with Crippen molar-refractivity contribution in [3.8, 4) is 0 Å². The van der Waals surface area contributed by atoms with Gasteiger partial charge in [-0.05, 0) is 32.6 Å². The third-order valence-electron chi connectivity index (χ3n) is 2.78. The van der Waals surface area contributed by atoms with Gasteiger partial charge in [-0.1, -0.05) is 0 Å². The number of ether oxygens (including phenoxy) is 1. The van der Waals surface area contributed by atoms with Crippen LogP contribution in [0.2, 0.25) is 0 Å². The van der Waals surface area contributed by atoms with Gasteiger partial charge in [0.15, 0.2) is 0 Å². The topological polar surface area (TPSA) is 21.3 Å². The molecule has 1 aliphatic heterocycles.